The van der Waals surface area contributed by atoms with E-state index in [1.54, 1.807) is 11.8 Å². The summed E-state index contributed by atoms with van der Waals surface area (Å²) in [5.41, 5.74) is 0. The molecule has 16 heavy (non-hydrogen) atoms. The number of hydrogen-bond donors (Lipinski definition) is 0. The molecule has 0 fully saturated rings. The lowest BCUT2D eigenvalue weighted by Crippen LogP contribution is -2.19. The van der Waals surface area contributed by atoms with Crippen LogP contribution < -0.4 is 0 Å². The molecule has 0 saturated carbocycles. The van der Waals surface area contributed by atoms with E-state index in [1.165, 1.54) is 4.90 Å². The van der Waals surface area contributed by atoms with E-state index in [0.29, 0.717) is 13.2 Å². The van der Waals surface area contributed by atoms with Crippen LogP contribution >= 0.6 is 23.4 Å². The third-order valence-electron chi connectivity index (χ3n) is 1.90. The van der Waals surface area contributed by atoms with E-state index in [0.717, 1.165) is 10.8 Å². The highest BCUT2D eigenvalue weighted by Crippen LogP contribution is 2.21. The van der Waals surface area contributed by atoms with Crippen LogP contribution in [0.5, 0.6) is 0 Å². The molecule has 0 heterocycles. The lowest BCUT2D eigenvalue weighted by atomic mass is 10.4. The minimum atomic E-state index is -0.129. The Morgan fingerprint density at radius 1 is 1.12 bits per heavy atom. The first-order valence-electron chi connectivity index (χ1n) is 5.37. The summed E-state index contributed by atoms with van der Waals surface area (Å²) >= 11 is 7.52. The van der Waals surface area contributed by atoms with Crippen molar-refractivity contribution in [3.8, 4) is 0 Å². The number of hydrogen-bond acceptors (Lipinski definition) is 3. The lowest BCUT2D eigenvalue weighted by molar-refractivity contribution is -0.120. The van der Waals surface area contributed by atoms with Gasteiger partial charge in [0.2, 0.25) is 0 Å². The fraction of sp³-hybridized carbons (Fsp3) is 0.500. The highest BCUT2D eigenvalue weighted by atomic mass is 35.5. The maximum atomic E-state index is 5.82. The molecule has 0 aliphatic carbocycles. The van der Waals surface area contributed by atoms with Gasteiger partial charge in [-0.1, -0.05) is 11.6 Å². The summed E-state index contributed by atoms with van der Waals surface area (Å²) in [5, 5.41) is 0.760. The molecule has 90 valence electrons. The fourth-order valence-corrected chi connectivity index (χ4v) is 2.19. The number of halogens is 1. The van der Waals surface area contributed by atoms with Gasteiger partial charge in [0.05, 0.1) is 0 Å². The first-order chi connectivity index (χ1) is 7.76. The predicted molar refractivity (Wildman–Crippen MR) is 69.2 cm³/mol. The highest BCUT2D eigenvalue weighted by molar-refractivity contribution is 7.99. The predicted octanol–water partition coefficient (Wildman–Crippen LogP) is 3.83. The van der Waals surface area contributed by atoms with Gasteiger partial charge in [-0.2, -0.15) is 0 Å². The smallest absolute Gasteiger partial charge is 0.166 e. The van der Waals surface area contributed by atoms with Crippen molar-refractivity contribution in [3.05, 3.63) is 29.3 Å². The number of thioether (sulfide) groups is 1. The Labute approximate surface area is 106 Å². The number of rotatable bonds is 7. The summed E-state index contributed by atoms with van der Waals surface area (Å²) < 4.78 is 10.9. The van der Waals surface area contributed by atoms with Crippen molar-refractivity contribution in [2.24, 2.45) is 0 Å². The molecule has 0 aliphatic heterocycles. The van der Waals surface area contributed by atoms with E-state index in [2.05, 4.69) is 0 Å². The fourth-order valence-electron chi connectivity index (χ4n) is 1.21. The summed E-state index contributed by atoms with van der Waals surface area (Å²) in [6.45, 7) is 5.29. The van der Waals surface area contributed by atoms with E-state index < -0.39 is 0 Å². The zero-order valence-corrected chi connectivity index (χ0v) is 11.2. The Kier molecular flexibility index (Phi) is 6.88. The molecule has 2 nitrogen and oxygen atoms in total. The van der Waals surface area contributed by atoms with Crippen LogP contribution in [0, 0.1) is 0 Å². The maximum Gasteiger partial charge on any atom is 0.166 e. The summed E-state index contributed by atoms with van der Waals surface area (Å²) in [6.07, 6.45) is -0.129. The third-order valence-corrected chi connectivity index (χ3v) is 3.20. The van der Waals surface area contributed by atoms with Gasteiger partial charge in [-0.05, 0) is 38.1 Å². The molecular formula is C12H17ClO2S. The molecule has 0 atom stereocenters. The molecule has 4 heteroatoms. The van der Waals surface area contributed by atoms with Gasteiger partial charge in [-0.25, -0.2) is 0 Å². The van der Waals surface area contributed by atoms with Crippen LogP contribution in [0.3, 0.4) is 0 Å². The Balaban J connectivity index is 2.38. The van der Waals surface area contributed by atoms with Crippen molar-refractivity contribution in [2.75, 3.05) is 19.0 Å². The lowest BCUT2D eigenvalue weighted by Gasteiger charge is -2.16. The Morgan fingerprint density at radius 3 is 2.19 bits per heavy atom. The van der Waals surface area contributed by atoms with Crippen LogP contribution in [0.15, 0.2) is 29.2 Å². The van der Waals surface area contributed by atoms with Crippen LogP contribution in [-0.4, -0.2) is 25.3 Å². The van der Waals surface area contributed by atoms with Crippen molar-refractivity contribution in [1.29, 1.82) is 0 Å². The maximum absolute atomic E-state index is 5.82. The monoisotopic (exact) mass is 260 g/mol. The van der Waals surface area contributed by atoms with Gasteiger partial charge in [-0.3, -0.25) is 0 Å². The van der Waals surface area contributed by atoms with E-state index in [9.17, 15) is 0 Å². The molecule has 0 aliphatic rings. The van der Waals surface area contributed by atoms with Gasteiger partial charge in [0, 0.05) is 28.9 Å². The van der Waals surface area contributed by atoms with E-state index in [4.69, 9.17) is 21.1 Å². The molecule has 0 saturated heterocycles. The molecule has 1 aromatic rings. The first-order valence-corrected chi connectivity index (χ1v) is 6.74. The molecule has 0 amide bonds. The number of ether oxygens (including phenoxy) is 2. The second-order valence-corrected chi connectivity index (χ2v) is 4.64. The third kappa shape index (κ3) is 5.21. The largest absolute Gasteiger partial charge is 0.352 e. The molecule has 0 bridgehead atoms. The van der Waals surface area contributed by atoms with Gasteiger partial charge in [0.1, 0.15) is 0 Å². The zero-order valence-electron chi connectivity index (χ0n) is 9.61. The number of benzene rings is 1. The van der Waals surface area contributed by atoms with E-state index in [-0.39, 0.29) is 6.29 Å². The van der Waals surface area contributed by atoms with Gasteiger partial charge < -0.3 is 9.47 Å². The second-order valence-electron chi connectivity index (χ2n) is 3.11. The van der Waals surface area contributed by atoms with E-state index in [1.807, 2.05) is 38.1 Å². The van der Waals surface area contributed by atoms with Crippen LogP contribution in [0.25, 0.3) is 0 Å². The summed E-state index contributed by atoms with van der Waals surface area (Å²) in [5.74, 6) is 0.795. The highest BCUT2D eigenvalue weighted by Gasteiger charge is 2.08. The van der Waals surface area contributed by atoms with Crippen molar-refractivity contribution >= 4 is 23.4 Å². The van der Waals surface area contributed by atoms with E-state index >= 15 is 0 Å². The Bertz CT molecular complexity index is 284. The van der Waals surface area contributed by atoms with Gasteiger partial charge >= 0.3 is 0 Å². The summed E-state index contributed by atoms with van der Waals surface area (Å²) in [6, 6.07) is 7.78. The first kappa shape index (κ1) is 13.8. The Morgan fingerprint density at radius 2 is 1.69 bits per heavy atom. The van der Waals surface area contributed by atoms with Crippen molar-refractivity contribution in [1.82, 2.24) is 0 Å². The van der Waals surface area contributed by atoms with Crippen LogP contribution in [0.1, 0.15) is 13.8 Å². The topological polar surface area (TPSA) is 18.5 Å². The van der Waals surface area contributed by atoms with Gasteiger partial charge in [-0.15, -0.1) is 11.8 Å². The Hall–Kier alpha value is -0.220. The standard InChI is InChI=1S/C12H17ClO2S/c1-3-14-12(15-4-2)9-16-11-7-5-10(13)6-8-11/h5-8,12H,3-4,9H2,1-2H3. The van der Waals surface area contributed by atoms with Crippen molar-refractivity contribution < 1.29 is 9.47 Å². The minimum absolute atomic E-state index is 0.129. The second kappa shape index (κ2) is 7.96. The normalized spacial score (nSPS) is 11.0. The molecule has 0 radical (unpaired) electrons. The average molecular weight is 261 g/mol. The molecule has 0 N–H and O–H groups in total. The summed E-state index contributed by atoms with van der Waals surface area (Å²) in [7, 11) is 0. The molecular weight excluding hydrogens is 244 g/mol. The quantitative estimate of drug-likeness (QED) is 0.548. The van der Waals surface area contributed by atoms with Crippen LogP contribution in [-0.2, 0) is 9.47 Å². The van der Waals surface area contributed by atoms with Crippen LogP contribution in [0.2, 0.25) is 5.02 Å². The minimum Gasteiger partial charge on any atom is -0.352 e. The molecule has 1 rings (SSSR count). The molecule has 1 aromatic carbocycles. The van der Waals surface area contributed by atoms with Gasteiger partial charge in [0.15, 0.2) is 6.29 Å². The molecule has 0 aromatic heterocycles. The van der Waals surface area contributed by atoms with Gasteiger partial charge in [0.25, 0.3) is 0 Å². The zero-order chi connectivity index (χ0) is 11.8. The average Bonchev–Trinajstić information content (AvgIpc) is 2.29. The van der Waals surface area contributed by atoms with Crippen molar-refractivity contribution in [3.63, 3.8) is 0 Å². The molecule has 0 unspecified atom stereocenters. The summed E-state index contributed by atoms with van der Waals surface area (Å²) in [4.78, 5) is 1.17. The van der Waals surface area contributed by atoms with Crippen molar-refractivity contribution in [2.45, 2.75) is 25.0 Å². The van der Waals surface area contributed by atoms with Crippen LogP contribution in [0.4, 0.5) is 0 Å². The SMILES string of the molecule is CCOC(CSc1ccc(Cl)cc1)OCC. The molecule has 0 spiro atoms.